The summed E-state index contributed by atoms with van der Waals surface area (Å²) in [7, 11) is 0. The van der Waals surface area contributed by atoms with Crippen molar-refractivity contribution in [3.8, 4) is 0 Å². The van der Waals surface area contributed by atoms with E-state index in [9.17, 15) is 4.79 Å². The molecule has 9 heteroatoms. The van der Waals surface area contributed by atoms with E-state index in [1.165, 1.54) is 19.3 Å². The van der Waals surface area contributed by atoms with Crippen molar-refractivity contribution in [1.29, 1.82) is 0 Å². The summed E-state index contributed by atoms with van der Waals surface area (Å²) in [6.45, 7) is 7.65. The van der Waals surface area contributed by atoms with E-state index < -0.39 is 0 Å². The molecule has 2 aliphatic heterocycles. The standard InChI is InChI=1S/C27H34Cl3N5O/c1-20-17-34(14-10-31-20)27(18-33-11-3-2-4-12-33)32-23-7-8-26(25(30)16-23)35(19-36)13-9-21-5-6-22(28)15-24(21)29/h5-8,15-16,18-20,31-32H,2-4,9-14,17H2,1H3/b27-18-/t20-/m0/s1. The van der Waals surface area contributed by atoms with Gasteiger partial charge in [-0.3, -0.25) is 4.79 Å². The normalized spacial score (nSPS) is 18.8. The van der Waals surface area contributed by atoms with E-state index in [0.29, 0.717) is 39.8 Å². The number of benzene rings is 2. The summed E-state index contributed by atoms with van der Waals surface area (Å²) in [4.78, 5) is 18.3. The largest absolute Gasteiger partial charge is 0.374 e. The van der Waals surface area contributed by atoms with Gasteiger partial charge in [0.15, 0.2) is 0 Å². The molecule has 2 saturated heterocycles. The maximum absolute atomic E-state index is 11.9. The molecule has 0 saturated carbocycles. The molecule has 4 rings (SSSR count). The molecule has 1 amide bonds. The van der Waals surface area contributed by atoms with Gasteiger partial charge in [-0.1, -0.05) is 40.9 Å². The maximum Gasteiger partial charge on any atom is 0.214 e. The molecule has 0 bridgehead atoms. The number of anilines is 2. The molecule has 2 N–H and O–H groups in total. The third kappa shape index (κ3) is 7.22. The summed E-state index contributed by atoms with van der Waals surface area (Å²) in [6.07, 6.45) is 7.41. The monoisotopic (exact) mass is 549 g/mol. The number of piperazine rings is 1. The van der Waals surface area contributed by atoms with Gasteiger partial charge in [0.05, 0.1) is 10.7 Å². The number of nitrogens with one attached hydrogen (secondary N) is 2. The van der Waals surface area contributed by atoms with Gasteiger partial charge < -0.3 is 25.3 Å². The minimum atomic E-state index is 0.423. The van der Waals surface area contributed by atoms with Crippen LogP contribution in [0.2, 0.25) is 15.1 Å². The van der Waals surface area contributed by atoms with Crippen LogP contribution in [0.4, 0.5) is 11.4 Å². The molecular weight excluding hydrogens is 517 g/mol. The SMILES string of the molecule is C[C@H]1CN(/C(=C\N2CCCCC2)Nc2ccc(N(C=O)CCc3ccc(Cl)cc3Cl)c(Cl)c2)CCN1. The molecule has 36 heavy (non-hydrogen) atoms. The quantitative estimate of drug-likeness (QED) is 0.384. The van der Waals surface area contributed by atoms with Crippen LogP contribution in [0.3, 0.4) is 0 Å². The summed E-state index contributed by atoms with van der Waals surface area (Å²) in [5.74, 6) is 1.08. The van der Waals surface area contributed by atoms with Crippen molar-refractivity contribution >= 4 is 52.6 Å². The minimum absolute atomic E-state index is 0.423. The zero-order valence-corrected chi connectivity index (χ0v) is 22.9. The van der Waals surface area contributed by atoms with Gasteiger partial charge in [0.1, 0.15) is 5.82 Å². The second-order valence-electron chi connectivity index (χ2n) is 9.49. The Labute approximate surface area is 229 Å². The lowest BCUT2D eigenvalue weighted by Gasteiger charge is -2.37. The predicted octanol–water partition coefficient (Wildman–Crippen LogP) is 5.84. The van der Waals surface area contributed by atoms with Crippen LogP contribution < -0.4 is 15.5 Å². The van der Waals surface area contributed by atoms with Crippen molar-refractivity contribution in [3.63, 3.8) is 0 Å². The fourth-order valence-corrected chi connectivity index (χ4v) is 5.52. The number of carbonyl (C=O) groups is 1. The lowest BCUT2D eigenvalue weighted by Crippen LogP contribution is -2.50. The highest BCUT2D eigenvalue weighted by atomic mass is 35.5. The van der Waals surface area contributed by atoms with Crippen LogP contribution in [0.1, 0.15) is 31.7 Å². The number of halogens is 3. The molecule has 0 unspecified atom stereocenters. The Morgan fingerprint density at radius 2 is 1.89 bits per heavy atom. The third-order valence-electron chi connectivity index (χ3n) is 6.70. The van der Waals surface area contributed by atoms with Crippen LogP contribution in [-0.4, -0.2) is 61.5 Å². The van der Waals surface area contributed by atoms with Crippen molar-refractivity contribution in [3.05, 3.63) is 69.1 Å². The molecule has 0 radical (unpaired) electrons. The van der Waals surface area contributed by atoms with Gasteiger partial charge in [-0.05, 0) is 68.5 Å². The Morgan fingerprint density at radius 3 is 2.58 bits per heavy atom. The van der Waals surface area contributed by atoms with Gasteiger partial charge in [-0.15, -0.1) is 0 Å². The Kier molecular flexibility index (Phi) is 9.66. The van der Waals surface area contributed by atoms with E-state index in [0.717, 1.165) is 56.2 Å². The summed E-state index contributed by atoms with van der Waals surface area (Å²) in [5.41, 5.74) is 2.49. The van der Waals surface area contributed by atoms with Gasteiger partial charge in [0.2, 0.25) is 6.41 Å². The Balaban J connectivity index is 1.48. The first kappa shape index (κ1) is 26.9. The van der Waals surface area contributed by atoms with Crippen LogP contribution in [0.15, 0.2) is 48.4 Å². The predicted molar refractivity (Wildman–Crippen MR) is 151 cm³/mol. The third-order valence-corrected chi connectivity index (χ3v) is 7.59. The fourth-order valence-electron chi connectivity index (χ4n) is 4.73. The molecular formula is C27H34Cl3N5O. The van der Waals surface area contributed by atoms with Crippen molar-refractivity contribution in [2.24, 2.45) is 0 Å². The minimum Gasteiger partial charge on any atom is -0.374 e. The molecule has 0 aliphatic carbocycles. The lowest BCUT2D eigenvalue weighted by molar-refractivity contribution is -0.107. The zero-order chi connectivity index (χ0) is 25.5. The highest BCUT2D eigenvalue weighted by molar-refractivity contribution is 6.35. The Bertz CT molecular complexity index is 1070. The number of amides is 1. The highest BCUT2D eigenvalue weighted by Crippen LogP contribution is 2.30. The molecule has 2 aliphatic rings. The number of piperidine rings is 1. The number of nitrogens with zero attached hydrogens (tertiary/aromatic N) is 3. The summed E-state index contributed by atoms with van der Waals surface area (Å²) in [5, 5.41) is 8.82. The molecule has 194 valence electrons. The van der Waals surface area contributed by atoms with Crippen molar-refractivity contribution in [2.45, 2.75) is 38.6 Å². The van der Waals surface area contributed by atoms with Crippen LogP contribution in [0.5, 0.6) is 0 Å². The van der Waals surface area contributed by atoms with Gasteiger partial charge in [0, 0.05) is 67.2 Å². The number of carbonyl (C=O) groups excluding carboxylic acids is 1. The summed E-state index contributed by atoms with van der Waals surface area (Å²) >= 11 is 19.0. The average Bonchev–Trinajstić information content (AvgIpc) is 2.86. The second kappa shape index (κ2) is 12.9. The number of likely N-dealkylation sites (tertiary alicyclic amines) is 1. The number of hydrogen-bond acceptors (Lipinski definition) is 5. The molecule has 0 aromatic heterocycles. The fraction of sp³-hybridized carbons (Fsp3) is 0.444. The summed E-state index contributed by atoms with van der Waals surface area (Å²) < 4.78 is 0. The van der Waals surface area contributed by atoms with Crippen LogP contribution in [-0.2, 0) is 11.2 Å². The number of rotatable bonds is 9. The van der Waals surface area contributed by atoms with Crippen molar-refractivity contribution in [2.75, 3.05) is 49.5 Å². The van der Waals surface area contributed by atoms with Gasteiger partial charge in [0.25, 0.3) is 0 Å². The maximum atomic E-state index is 11.9. The average molecular weight is 551 g/mol. The molecule has 1 atom stereocenters. The smallest absolute Gasteiger partial charge is 0.214 e. The molecule has 2 aromatic carbocycles. The Morgan fingerprint density at radius 1 is 1.08 bits per heavy atom. The zero-order valence-electron chi connectivity index (χ0n) is 20.7. The highest BCUT2D eigenvalue weighted by Gasteiger charge is 2.20. The van der Waals surface area contributed by atoms with Crippen LogP contribution in [0, 0.1) is 0 Å². The van der Waals surface area contributed by atoms with Gasteiger partial charge in [-0.2, -0.15) is 0 Å². The van der Waals surface area contributed by atoms with Crippen molar-refractivity contribution < 1.29 is 4.79 Å². The van der Waals surface area contributed by atoms with E-state index in [1.807, 2.05) is 24.3 Å². The first-order chi connectivity index (χ1) is 17.4. The van der Waals surface area contributed by atoms with Gasteiger partial charge >= 0.3 is 0 Å². The van der Waals surface area contributed by atoms with E-state index >= 15 is 0 Å². The van der Waals surface area contributed by atoms with Crippen LogP contribution in [0.25, 0.3) is 0 Å². The number of hydrogen-bond donors (Lipinski definition) is 2. The van der Waals surface area contributed by atoms with Crippen molar-refractivity contribution in [1.82, 2.24) is 15.1 Å². The van der Waals surface area contributed by atoms with E-state index in [-0.39, 0.29) is 0 Å². The molecule has 6 nitrogen and oxygen atoms in total. The molecule has 2 fully saturated rings. The molecule has 2 aromatic rings. The second-order valence-corrected chi connectivity index (χ2v) is 10.7. The van der Waals surface area contributed by atoms with E-state index in [4.69, 9.17) is 34.8 Å². The first-order valence-electron chi connectivity index (χ1n) is 12.6. The molecule has 0 spiro atoms. The summed E-state index contributed by atoms with van der Waals surface area (Å²) in [6, 6.07) is 11.6. The van der Waals surface area contributed by atoms with Gasteiger partial charge in [-0.25, -0.2) is 0 Å². The van der Waals surface area contributed by atoms with E-state index in [2.05, 4.69) is 33.6 Å². The Hall–Kier alpha value is -2.12. The topological polar surface area (TPSA) is 50.9 Å². The lowest BCUT2D eigenvalue weighted by atomic mass is 10.1. The van der Waals surface area contributed by atoms with Crippen LogP contribution >= 0.6 is 34.8 Å². The molecule has 2 heterocycles. The van der Waals surface area contributed by atoms with E-state index in [1.54, 1.807) is 17.0 Å². The first-order valence-corrected chi connectivity index (χ1v) is 13.7.